The van der Waals surface area contributed by atoms with Gasteiger partial charge in [0.1, 0.15) is 0 Å². The zero-order chi connectivity index (χ0) is 12.3. The molecule has 1 aromatic heterocycles. The summed E-state index contributed by atoms with van der Waals surface area (Å²) in [5.74, 6) is 0. The van der Waals surface area contributed by atoms with E-state index in [2.05, 4.69) is 13.2 Å². The molecule has 0 aromatic carbocycles. The molecular weight excluding hydrogens is 210 g/mol. The third-order valence-corrected chi connectivity index (χ3v) is 2.15. The van der Waals surface area contributed by atoms with Gasteiger partial charge >= 0.3 is 17.1 Å². The van der Waals surface area contributed by atoms with Crippen molar-refractivity contribution in [1.82, 2.24) is 13.7 Å². The maximum Gasteiger partial charge on any atom is 0.340 e. The monoisotopic (exact) mass is 223 g/mol. The summed E-state index contributed by atoms with van der Waals surface area (Å²) in [7, 11) is 0. The largest absolute Gasteiger partial charge is 0.340 e. The van der Waals surface area contributed by atoms with Crippen LogP contribution in [0.25, 0.3) is 6.20 Å². The van der Waals surface area contributed by atoms with Crippen LogP contribution in [0.2, 0.25) is 0 Å². The highest BCUT2D eigenvalue weighted by atomic mass is 16.2. The van der Waals surface area contributed by atoms with Crippen LogP contribution in [-0.4, -0.2) is 13.7 Å². The van der Waals surface area contributed by atoms with Crippen molar-refractivity contribution in [2.45, 2.75) is 20.0 Å². The summed E-state index contributed by atoms with van der Waals surface area (Å²) < 4.78 is 2.69. The molecular formula is C10H13N3O3. The van der Waals surface area contributed by atoms with Gasteiger partial charge in [0, 0.05) is 12.7 Å². The van der Waals surface area contributed by atoms with Crippen molar-refractivity contribution in [3.8, 4) is 0 Å². The number of hydrogen-bond acceptors (Lipinski definition) is 3. The van der Waals surface area contributed by atoms with E-state index in [9.17, 15) is 14.4 Å². The van der Waals surface area contributed by atoms with Gasteiger partial charge in [0.15, 0.2) is 0 Å². The lowest BCUT2D eigenvalue weighted by Gasteiger charge is -2.08. The first kappa shape index (κ1) is 12.0. The van der Waals surface area contributed by atoms with Crippen molar-refractivity contribution in [3.05, 3.63) is 50.7 Å². The van der Waals surface area contributed by atoms with Crippen LogP contribution in [0.4, 0.5) is 0 Å². The fourth-order valence-electron chi connectivity index (χ4n) is 1.36. The predicted molar refractivity (Wildman–Crippen MR) is 61.5 cm³/mol. The maximum absolute atomic E-state index is 11.7. The molecule has 0 amide bonds. The zero-order valence-electron chi connectivity index (χ0n) is 9.05. The molecule has 0 atom stereocenters. The fourth-order valence-corrected chi connectivity index (χ4v) is 1.36. The van der Waals surface area contributed by atoms with Gasteiger partial charge in [0.05, 0.1) is 6.54 Å². The standard InChI is InChI=1S/C10H13N3O3/c1-4-7-13-9(15)11(5-2)8(14)12(6-3)10(13)16/h4-5H,1-2,6-7H2,3H3. The van der Waals surface area contributed by atoms with Gasteiger partial charge in [-0.3, -0.25) is 0 Å². The molecule has 86 valence electrons. The molecule has 0 unspecified atom stereocenters. The van der Waals surface area contributed by atoms with E-state index < -0.39 is 17.1 Å². The summed E-state index contributed by atoms with van der Waals surface area (Å²) >= 11 is 0. The molecule has 0 saturated heterocycles. The molecule has 0 spiro atoms. The topological polar surface area (TPSA) is 66.0 Å². The highest BCUT2D eigenvalue weighted by molar-refractivity contribution is 5.13. The molecule has 0 aliphatic carbocycles. The van der Waals surface area contributed by atoms with E-state index in [1.165, 1.54) is 6.08 Å². The molecule has 6 nitrogen and oxygen atoms in total. The van der Waals surface area contributed by atoms with E-state index in [0.717, 1.165) is 19.9 Å². The predicted octanol–water partition coefficient (Wildman–Crippen LogP) is -0.522. The molecule has 0 aliphatic rings. The van der Waals surface area contributed by atoms with Crippen LogP contribution in [0.3, 0.4) is 0 Å². The lowest BCUT2D eigenvalue weighted by Crippen LogP contribution is -2.52. The van der Waals surface area contributed by atoms with Crippen molar-refractivity contribution >= 4 is 6.20 Å². The van der Waals surface area contributed by atoms with E-state index in [0.29, 0.717) is 0 Å². The van der Waals surface area contributed by atoms with Gasteiger partial charge < -0.3 is 0 Å². The second-order valence-electron chi connectivity index (χ2n) is 3.04. The Labute approximate surface area is 91.4 Å². The SMILES string of the molecule is C=CCn1c(=O)n(C=C)c(=O)n(CC)c1=O. The van der Waals surface area contributed by atoms with Crippen LogP contribution >= 0.6 is 0 Å². The van der Waals surface area contributed by atoms with E-state index in [4.69, 9.17) is 0 Å². The molecule has 6 heteroatoms. The van der Waals surface area contributed by atoms with Gasteiger partial charge in [-0.1, -0.05) is 12.7 Å². The van der Waals surface area contributed by atoms with Crippen LogP contribution in [0.15, 0.2) is 33.6 Å². The lowest BCUT2D eigenvalue weighted by atomic mass is 10.6. The van der Waals surface area contributed by atoms with Crippen LogP contribution in [0, 0.1) is 0 Å². The Kier molecular flexibility index (Phi) is 3.44. The van der Waals surface area contributed by atoms with Gasteiger partial charge in [-0.2, -0.15) is 0 Å². The average Bonchev–Trinajstić information content (AvgIpc) is 2.26. The van der Waals surface area contributed by atoms with Crippen molar-refractivity contribution in [1.29, 1.82) is 0 Å². The first-order valence-electron chi connectivity index (χ1n) is 4.78. The Morgan fingerprint density at radius 2 is 1.62 bits per heavy atom. The van der Waals surface area contributed by atoms with Crippen molar-refractivity contribution in [3.63, 3.8) is 0 Å². The van der Waals surface area contributed by atoms with Crippen LogP contribution in [0.5, 0.6) is 0 Å². The molecule has 1 heterocycles. The second kappa shape index (κ2) is 4.61. The third-order valence-electron chi connectivity index (χ3n) is 2.15. The van der Waals surface area contributed by atoms with Gasteiger partial charge in [-0.15, -0.1) is 6.58 Å². The first-order chi connectivity index (χ1) is 7.58. The Morgan fingerprint density at radius 1 is 1.06 bits per heavy atom. The van der Waals surface area contributed by atoms with Crippen LogP contribution < -0.4 is 17.1 Å². The van der Waals surface area contributed by atoms with E-state index >= 15 is 0 Å². The number of nitrogens with zero attached hydrogens (tertiary/aromatic N) is 3. The molecule has 0 radical (unpaired) electrons. The number of aromatic nitrogens is 3. The summed E-state index contributed by atoms with van der Waals surface area (Å²) in [6.45, 7) is 8.73. The second-order valence-corrected chi connectivity index (χ2v) is 3.04. The number of rotatable bonds is 4. The molecule has 0 bridgehead atoms. The summed E-state index contributed by atoms with van der Waals surface area (Å²) in [6, 6.07) is 0. The highest BCUT2D eigenvalue weighted by Gasteiger charge is 2.11. The minimum absolute atomic E-state index is 0.0613. The smallest absolute Gasteiger partial charge is 0.247 e. The fraction of sp³-hybridized carbons (Fsp3) is 0.300. The quantitative estimate of drug-likeness (QED) is 0.645. The summed E-state index contributed by atoms with van der Waals surface area (Å²) in [6.07, 6.45) is 2.51. The highest BCUT2D eigenvalue weighted by Crippen LogP contribution is 1.76. The lowest BCUT2D eigenvalue weighted by molar-refractivity contribution is 0.533. The molecule has 0 saturated carbocycles. The van der Waals surface area contributed by atoms with Crippen molar-refractivity contribution in [2.75, 3.05) is 0 Å². The Balaban J connectivity index is 3.84. The van der Waals surface area contributed by atoms with Gasteiger partial charge in [0.2, 0.25) is 0 Å². The maximum atomic E-state index is 11.7. The van der Waals surface area contributed by atoms with E-state index in [-0.39, 0.29) is 13.1 Å². The molecule has 0 fully saturated rings. The number of hydrogen-bond donors (Lipinski definition) is 0. The van der Waals surface area contributed by atoms with Crippen molar-refractivity contribution < 1.29 is 0 Å². The van der Waals surface area contributed by atoms with Crippen molar-refractivity contribution in [2.24, 2.45) is 0 Å². The van der Waals surface area contributed by atoms with Gasteiger partial charge in [-0.05, 0) is 6.92 Å². The number of allylic oxidation sites excluding steroid dienone is 1. The molecule has 16 heavy (non-hydrogen) atoms. The summed E-state index contributed by atoms with van der Waals surface area (Å²) in [5.41, 5.74) is -2.00. The minimum Gasteiger partial charge on any atom is -0.247 e. The third kappa shape index (κ3) is 1.69. The Hall–Kier alpha value is -2.11. The first-order valence-corrected chi connectivity index (χ1v) is 4.78. The molecule has 0 N–H and O–H groups in total. The summed E-state index contributed by atoms with van der Waals surface area (Å²) in [4.78, 5) is 35.1. The van der Waals surface area contributed by atoms with E-state index in [1.807, 2.05) is 0 Å². The molecule has 1 aromatic rings. The Morgan fingerprint density at radius 3 is 2.06 bits per heavy atom. The van der Waals surface area contributed by atoms with Crippen LogP contribution in [-0.2, 0) is 13.1 Å². The van der Waals surface area contributed by atoms with Gasteiger partial charge in [-0.25, -0.2) is 28.1 Å². The summed E-state index contributed by atoms with van der Waals surface area (Å²) in [5, 5.41) is 0. The molecule has 0 aliphatic heterocycles. The van der Waals surface area contributed by atoms with Gasteiger partial charge in [0.25, 0.3) is 0 Å². The normalized spacial score (nSPS) is 10.1. The minimum atomic E-state index is -0.699. The average molecular weight is 223 g/mol. The van der Waals surface area contributed by atoms with Crippen LogP contribution in [0.1, 0.15) is 6.92 Å². The van der Waals surface area contributed by atoms with E-state index in [1.54, 1.807) is 6.92 Å². The molecule has 1 rings (SSSR count). The Bertz CT molecular complexity index is 589. The zero-order valence-corrected chi connectivity index (χ0v) is 9.05.